The summed E-state index contributed by atoms with van der Waals surface area (Å²) in [6.45, 7) is 5.22. The van der Waals surface area contributed by atoms with Crippen LogP contribution in [0.25, 0.3) is 11.0 Å². The molecule has 2 heterocycles. The summed E-state index contributed by atoms with van der Waals surface area (Å²) < 4.78 is 11.6. The van der Waals surface area contributed by atoms with Crippen LogP contribution >= 0.6 is 0 Å². The van der Waals surface area contributed by atoms with Crippen molar-refractivity contribution in [3.05, 3.63) is 75.1 Å². The number of hydrogen-bond donors (Lipinski definition) is 1. The van der Waals surface area contributed by atoms with Gasteiger partial charge in [0.1, 0.15) is 18.1 Å². The number of hydrogen-bond acceptors (Lipinski definition) is 5. The first-order chi connectivity index (χ1) is 13.0. The molecular formula is C22H23NO4. The number of nitrogens with zero attached hydrogens (tertiary/aromatic N) is 1. The minimum absolute atomic E-state index is 0.301. The van der Waals surface area contributed by atoms with E-state index < -0.39 is 6.10 Å². The Hall–Kier alpha value is -2.63. The van der Waals surface area contributed by atoms with Gasteiger partial charge in [-0.15, -0.1) is 0 Å². The number of fused-ring (bicyclic) bond motifs is 3. The van der Waals surface area contributed by atoms with Gasteiger partial charge in [0, 0.05) is 30.5 Å². The summed E-state index contributed by atoms with van der Waals surface area (Å²) in [5, 5.41) is 10.6. The Labute approximate surface area is 157 Å². The summed E-state index contributed by atoms with van der Waals surface area (Å²) >= 11 is 0. The molecule has 5 nitrogen and oxygen atoms in total. The molecule has 1 aliphatic heterocycles. The number of ether oxygens (including phenoxy) is 1. The predicted molar refractivity (Wildman–Crippen MR) is 104 cm³/mol. The molecule has 0 saturated carbocycles. The molecule has 0 bridgehead atoms. The summed E-state index contributed by atoms with van der Waals surface area (Å²) in [5.41, 5.74) is 3.86. The Balaban J connectivity index is 1.78. The van der Waals surface area contributed by atoms with E-state index in [2.05, 4.69) is 0 Å². The van der Waals surface area contributed by atoms with Crippen LogP contribution in [0.5, 0.6) is 5.75 Å². The standard InChI is InChI=1S/C22H23NO4/c1-14(24)11-23-12-19-20(26-13-23)9-8-17-15(2)18(22(25)27-21(17)19)10-16-6-4-3-5-7-16/h3-9,14,24H,10-13H2,1-2H3/t14-/m0/s1. The minimum atomic E-state index is -0.448. The fraction of sp³-hybridized carbons (Fsp3) is 0.318. The van der Waals surface area contributed by atoms with Gasteiger partial charge in [0.05, 0.1) is 11.7 Å². The van der Waals surface area contributed by atoms with Crippen LogP contribution in [0.3, 0.4) is 0 Å². The molecule has 1 aliphatic rings. The van der Waals surface area contributed by atoms with Gasteiger partial charge in [-0.05, 0) is 37.1 Å². The second-order valence-electron chi connectivity index (χ2n) is 7.21. The second-order valence-corrected chi connectivity index (χ2v) is 7.21. The van der Waals surface area contributed by atoms with Gasteiger partial charge in [-0.25, -0.2) is 4.79 Å². The van der Waals surface area contributed by atoms with E-state index in [9.17, 15) is 9.90 Å². The number of benzene rings is 2. The Morgan fingerprint density at radius 2 is 1.96 bits per heavy atom. The third-order valence-electron chi connectivity index (χ3n) is 5.05. The summed E-state index contributed by atoms with van der Waals surface area (Å²) in [7, 11) is 0. The van der Waals surface area contributed by atoms with Gasteiger partial charge < -0.3 is 14.3 Å². The van der Waals surface area contributed by atoms with Gasteiger partial charge in [0.2, 0.25) is 0 Å². The molecule has 0 saturated heterocycles. The number of aliphatic hydroxyl groups excluding tert-OH is 1. The fourth-order valence-electron chi connectivity index (χ4n) is 3.70. The van der Waals surface area contributed by atoms with E-state index in [1.165, 1.54) is 0 Å². The van der Waals surface area contributed by atoms with Gasteiger partial charge >= 0.3 is 5.63 Å². The highest BCUT2D eigenvalue weighted by Crippen LogP contribution is 2.34. The van der Waals surface area contributed by atoms with E-state index in [-0.39, 0.29) is 5.63 Å². The Bertz CT molecular complexity index is 1020. The van der Waals surface area contributed by atoms with Crippen molar-refractivity contribution in [3.8, 4) is 5.75 Å². The molecule has 1 N–H and O–H groups in total. The Morgan fingerprint density at radius 1 is 1.19 bits per heavy atom. The summed E-state index contributed by atoms with van der Waals surface area (Å²) in [4.78, 5) is 14.7. The van der Waals surface area contributed by atoms with Crippen LogP contribution in [0, 0.1) is 6.92 Å². The molecule has 0 aliphatic carbocycles. The highest BCUT2D eigenvalue weighted by Gasteiger charge is 2.24. The van der Waals surface area contributed by atoms with Gasteiger partial charge in [-0.3, -0.25) is 4.90 Å². The lowest BCUT2D eigenvalue weighted by molar-refractivity contribution is 0.0503. The molecule has 3 aromatic rings. The Morgan fingerprint density at radius 3 is 2.70 bits per heavy atom. The molecule has 27 heavy (non-hydrogen) atoms. The first-order valence-corrected chi connectivity index (χ1v) is 9.18. The lowest BCUT2D eigenvalue weighted by Gasteiger charge is -2.30. The molecule has 140 valence electrons. The smallest absolute Gasteiger partial charge is 0.340 e. The van der Waals surface area contributed by atoms with Crippen molar-refractivity contribution in [3.63, 3.8) is 0 Å². The lowest BCUT2D eigenvalue weighted by Crippen LogP contribution is -2.37. The summed E-state index contributed by atoms with van der Waals surface area (Å²) in [6.07, 6.45) is 0.100. The van der Waals surface area contributed by atoms with Gasteiger partial charge in [-0.1, -0.05) is 30.3 Å². The van der Waals surface area contributed by atoms with Crippen LogP contribution in [0.15, 0.2) is 51.7 Å². The van der Waals surface area contributed by atoms with E-state index in [4.69, 9.17) is 9.15 Å². The summed E-state index contributed by atoms with van der Waals surface area (Å²) in [5.74, 6) is 0.739. The van der Waals surface area contributed by atoms with Crippen LogP contribution < -0.4 is 10.4 Å². The van der Waals surface area contributed by atoms with Crippen molar-refractivity contribution >= 4 is 11.0 Å². The first-order valence-electron chi connectivity index (χ1n) is 9.18. The van der Waals surface area contributed by atoms with Crippen LogP contribution in [0.2, 0.25) is 0 Å². The number of aryl methyl sites for hydroxylation is 1. The number of aliphatic hydroxyl groups is 1. The molecule has 0 amide bonds. The third-order valence-corrected chi connectivity index (χ3v) is 5.05. The average Bonchev–Trinajstić information content (AvgIpc) is 2.65. The normalized spacial score (nSPS) is 15.4. The molecule has 0 fully saturated rings. The second kappa shape index (κ2) is 7.18. The first kappa shape index (κ1) is 17.8. The minimum Gasteiger partial charge on any atom is -0.478 e. The van der Waals surface area contributed by atoms with Crippen LogP contribution in [-0.4, -0.2) is 29.4 Å². The topological polar surface area (TPSA) is 62.9 Å². The number of rotatable bonds is 4. The van der Waals surface area contributed by atoms with Gasteiger partial charge in [0.15, 0.2) is 0 Å². The van der Waals surface area contributed by atoms with E-state index in [1.807, 2.05) is 54.3 Å². The lowest BCUT2D eigenvalue weighted by atomic mass is 9.98. The molecule has 1 atom stereocenters. The maximum Gasteiger partial charge on any atom is 0.340 e. The van der Waals surface area contributed by atoms with E-state index in [1.54, 1.807) is 6.92 Å². The van der Waals surface area contributed by atoms with Crippen molar-refractivity contribution in [1.82, 2.24) is 4.90 Å². The zero-order valence-electron chi connectivity index (χ0n) is 15.6. The van der Waals surface area contributed by atoms with Crippen molar-refractivity contribution in [2.24, 2.45) is 0 Å². The van der Waals surface area contributed by atoms with E-state index in [0.717, 1.165) is 27.8 Å². The van der Waals surface area contributed by atoms with Crippen molar-refractivity contribution in [2.45, 2.75) is 32.9 Å². The zero-order valence-corrected chi connectivity index (χ0v) is 15.6. The largest absolute Gasteiger partial charge is 0.478 e. The Kier molecular flexibility index (Phi) is 4.72. The fourth-order valence-corrected chi connectivity index (χ4v) is 3.70. The number of β-amino-alcohol motifs (C(OH)–C–C–N with tert-alkyl or cyclic N) is 1. The molecule has 0 radical (unpaired) electrons. The zero-order chi connectivity index (χ0) is 19.0. The molecule has 5 heteroatoms. The van der Waals surface area contributed by atoms with Crippen molar-refractivity contribution in [2.75, 3.05) is 13.3 Å². The third kappa shape index (κ3) is 3.48. The van der Waals surface area contributed by atoms with Gasteiger partial charge in [0.25, 0.3) is 0 Å². The van der Waals surface area contributed by atoms with Crippen molar-refractivity contribution in [1.29, 1.82) is 0 Å². The van der Waals surface area contributed by atoms with Gasteiger partial charge in [-0.2, -0.15) is 0 Å². The summed E-state index contributed by atoms with van der Waals surface area (Å²) in [6, 6.07) is 13.8. The van der Waals surface area contributed by atoms with E-state index >= 15 is 0 Å². The average molecular weight is 365 g/mol. The highest BCUT2D eigenvalue weighted by molar-refractivity contribution is 5.86. The van der Waals surface area contributed by atoms with E-state index in [0.29, 0.717) is 37.4 Å². The highest BCUT2D eigenvalue weighted by atomic mass is 16.5. The molecule has 2 aromatic carbocycles. The van der Waals surface area contributed by atoms with Crippen LogP contribution in [-0.2, 0) is 13.0 Å². The molecule has 0 unspecified atom stereocenters. The molecule has 4 rings (SSSR count). The maximum absolute atomic E-state index is 12.7. The quantitative estimate of drug-likeness (QED) is 0.719. The van der Waals surface area contributed by atoms with Crippen LogP contribution in [0.1, 0.15) is 29.2 Å². The maximum atomic E-state index is 12.7. The predicted octanol–water partition coefficient (Wildman–Crippen LogP) is 3.22. The molecular weight excluding hydrogens is 342 g/mol. The SMILES string of the molecule is Cc1c(Cc2ccccc2)c(=O)oc2c3c(ccc12)OCN(C[C@H](C)O)C3. The monoisotopic (exact) mass is 365 g/mol. The van der Waals surface area contributed by atoms with Crippen LogP contribution in [0.4, 0.5) is 0 Å². The molecule has 0 spiro atoms. The molecule has 1 aromatic heterocycles. The van der Waals surface area contributed by atoms with Crippen molar-refractivity contribution < 1.29 is 14.3 Å².